The third kappa shape index (κ3) is 38.7. The molecule has 388 valence electrons. The molecule has 0 spiro atoms. The highest BCUT2D eigenvalue weighted by molar-refractivity contribution is 5.69. The van der Waals surface area contributed by atoms with Gasteiger partial charge in [-0.1, -0.05) is 200 Å². The summed E-state index contributed by atoms with van der Waals surface area (Å²) < 4.78 is 22.9. The van der Waals surface area contributed by atoms with Gasteiger partial charge in [0.05, 0.1) is 19.8 Å². The number of aliphatic hydroxyl groups is 4. The number of carbonyl (C=O) groups is 1. The summed E-state index contributed by atoms with van der Waals surface area (Å²) in [5, 5.41) is 40.3. The first-order valence-corrected chi connectivity index (χ1v) is 27.0. The maximum Gasteiger partial charge on any atom is 0.306 e. The topological polar surface area (TPSA) is 135 Å². The lowest BCUT2D eigenvalue weighted by molar-refractivity contribution is -0.305. The summed E-state index contributed by atoms with van der Waals surface area (Å²) in [6.45, 7) is 4.29. The Hall–Kier alpha value is -3.15. The van der Waals surface area contributed by atoms with Crippen molar-refractivity contribution in [3.05, 3.63) is 109 Å². The molecule has 1 aliphatic heterocycles. The molecule has 1 heterocycles. The van der Waals surface area contributed by atoms with E-state index in [4.69, 9.17) is 18.9 Å². The lowest BCUT2D eigenvalue weighted by Gasteiger charge is -2.39. The molecule has 1 fully saturated rings. The highest BCUT2D eigenvalue weighted by Crippen LogP contribution is 2.23. The fourth-order valence-electron chi connectivity index (χ4n) is 7.57. The Morgan fingerprint density at radius 3 is 1.28 bits per heavy atom. The molecule has 1 rings (SSSR count). The summed E-state index contributed by atoms with van der Waals surface area (Å²) in [6.07, 6.45) is 62.6. The van der Waals surface area contributed by atoms with Crippen LogP contribution in [0.5, 0.6) is 0 Å². The molecule has 6 unspecified atom stereocenters. The van der Waals surface area contributed by atoms with Gasteiger partial charge in [0, 0.05) is 13.0 Å². The zero-order valence-electron chi connectivity index (χ0n) is 42.8. The Morgan fingerprint density at radius 1 is 0.471 bits per heavy atom. The van der Waals surface area contributed by atoms with Crippen LogP contribution in [0.25, 0.3) is 0 Å². The molecule has 0 radical (unpaired) electrons. The normalized spacial score (nSPS) is 20.0. The minimum atomic E-state index is -1.55. The van der Waals surface area contributed by atoms with Crippen LogP contribution in [-0.2, 0) is 23.7 Å². The lowest BCUT2D eigenvalue weighted by Crippen LogP contribution is -2.59. The average Bonchev–Trinajstić information content (AvgIpc) is 3.34. The van der Waals surface area contributed by atoms with E-state index in [-0.39, 0.29) is 19.2 Å². The van der Waals surface area contributed by atoms with Crippen molar-refractivity contribution in [2.24, 2.45) is 0 Å². The molecule has 6 atom stereocenters. The van der Waals surface area contributed by atoms with Crippen LogP contribution < -0.4 is 0 Å². The van der Waals surface area contributed by atoms with Gasteiger partial charge < -0.3 is 39.4 Å². The second kappa shape index (κ2) is 48.9. The molecule has 1 aliphatic rings. The van der Waals surface area contributed by atoms with E-state index in [1.807, 2.05) is 0 Å². The quantitative estimate of drug-likeness (QED) is 0.0267. The molecule has 68 heavy (non-hydrogen) atoms. The van der Waals surface area contributed by atoms with Gasteiger partial charge in [-0.25, -0.2) is 0 Å². The first kappa shape index (κ1) is 62.9. The second-order valence-electron chi connectivity index (χ2n) is 17.9. The molecule has 4 N–H and O–H groups in total. The largest absolute Gasteiger partial charge is 0.457 e. The summed E-state index contributed by atoms with van der Waals surface area (Å²) in [5.74, 6) is -0.329. The first-order chi connectivity index (χ1) is 33.4. The highest BCUT2D eigenvalue weighted by Gasteiger charge is 2.44. The Labute approximate surface area is 414 Å². The molecule has 0 amide bonds. The van der Waals surface area contributed by atoms with Crippen molar-refractivity contribution in [3.8, 4) is 0 Å². The minimum Gasteiger partial charge on any atom is -0.457 e. The van der Waals surface area contributed by atoms with Crippen LogP contribution in [0.2, 0.25) is 0 Å². The fourth-order valence-corrected chi connectivity index (χ4v) is 7.57. The van der Waals surface area contributed by atoms with Crippen LogP contribution in [0.15, 0.2) is 109 Å². The molecule has 9 nitrogen and oxygen atoms in total. The molecule has 0 saturated carbocycles. The van der Waals surface area contributed by atoms with Gasteiger partial charge in [-0.05, 0) is 96.3 Å². The van der Waals surface area contributed by atoms with Gasteiger partial charge in [0.2, 0.25) is 0 Å². The standard InChI is InChI=1S/C59H98O9/c1-3-5-7-9-11-13-15-17-19-21-23-25-26-27-29-31-33-35-37-39-41-43-45-47-49-65-51-53(52-66-59-58(64)57(63)56(62)54(50-60)68-59)67-55(61)48-46-44-42-40-38-36-34-32-30-28-24-22-20-18-16-14-12-10-8-6-4-2/h5-8,11-14,17-20,23-25,27-29,53-54,56-60,62-64H,3-4,9-10,15-16,21-22,26,30-52H2,1-2H3/b7-5-,8-6-,13-11-,14-12-,19-17-,20-18-,25-23-,28-24-,29-27-. The van der Waals surface area contributed by atoms with Crippen molar-refractivity contribution >= 4 is 5.97 Å². The summed E-state index contributed by atoms with van der Waals surface area (Å²) in [7, 11) is 0. The van der Waals surface area contributed by atoms with E-state index in [1.54, 1.807) is 0 Å². The van der Waals surface area contributed by atoms with Crippen LogP contribution >= 0.6 is 0 Å². The number of aliphatic hydroxyl groups excluding tert-OH is 4. The van der Waals surface area contributed by atoms with Crippen molar-refractivity contribution in [1.29, 1.82) is 0 Å². The number of ether oxygens (including phenoxy) is 4. The van der Waals surface area contributed by atoms with Gasteiger partial charge in [0.25, 0.3) is 0 Å². The van der Waals surface area contributed by atoms with Crippen LogP contribution in [0, 0.1) is 0 Å². The van der Waals surface area contributed by atoms with E-state index >= 15 is 0 Å². The van der Waals surface area contributed by atoms with Crippen molar-refractivity contribution < 1.29 is 44.2 Å². The number of allylic oxidation sites excluding steroid dienone is 18. The van der Waals surface area contributed by atoms with Gasteiger partial charge >= 0.3 is 5.97 Å². The average molecular weight is 951 g/mol. The van der Waals surface area contributed by atoms with Crippen LogP contribution in [-0.4, -0.2) is 89.6 Å². The molecule has 1 saturated heterocycles. The monoisotopic (exact) mass is 951 g/mol. The SMILES string of the molecule is CC/C=C\C/C=C\C/C=C\C/C=C\C/C=C\CCCCCCCCCCOCC(COC1OC(CO)C(O)C(O)C1O)OC(=O)CCCCCCCCCC/C=C\C/C=C\C/C=C\C/C=C\CC. The summed E-state index contributed by atoms with van der Waals surface area (Å²) in [4.78, 5) is 12.9. The summed E-state index contributed by atoms with van der Waals surface area (Å²) in [6, 6.07) is 0. The number of carbonyl (C=O) groups excluding carboxylic acids is 1. The van der Waals surface area contributed by atoms with Gasteiger partial charge in [0.15, 0.2) is 6.29 Å². The van der Waals surface area contributed by atoms with Crippen LogP contribution in [0.4, 0.5) is 0 Å². The minimum absolute atomic E-state index is 0.127. The zero-order valence-corrected chi connectivity index (χ0v) is 42.8. The van der Waals surface area contributed by atoms with Crippen molar-refractivity contribution in [1.82, 2.24) is 0 Å². The van der Waals surface area contributed by atoms with Crippen molar-refractivity contribution in [2.45, 2.75) is 230 Å². The molecular formula is C59H98O9. The molecular weight excluding hydrogens is 853 g/mol. The Morgan fingerprint density at radius 2 is 0.853 bits per heavy atom. The number of hydrogen-bond donors (Lipinski definition) is 4. The summed E-state index contributed by atoms with van der Waals surface area (Å²) >= 11 is 0. The number of esters is 1. The molecule has 0 aromatic carbocycles. The number of hydrogen-bond acceptors (Lipinski definition) is 9. The second-order valence-corrected chi connectivity index (χ2v) is 17.9. The van der Waals surface area contributed by atoms with E-state index in [9.17, 15) is 25.2 Å². The van der Waals surface area contributed by atoms with Gasteiger partial charge in [0.1, 0.15) is 30.5 Å². The first-order valence-electron chi connectivity index (χ1n) is 27.0. The maximum absolute atomic E-state index is 12.9. The Bertz CT molecular complexity index is 1410. The van der Waals surface area contributed by atoms with Crippen LogP contribution in [0.3, 0.4) is 0 Å². The van der Waals surface area contributed by atoms with Gasteiger partial charge in [-0.15, -0.1) is 0 Å². The Balaban J connectivity index is 2.21. The maximum atomic E-state index is 12.9. The predicted molar refractivity (Wildman–Crippen MR) is 283 cm³/mol. The van der Waals surface area contributed by atoms with E-state index in [1.165, 1.54) is 57.8 Å². The molecule has 9 heteroatoms. The smallest absolute Gasteiger partial charge is 0.306 e. The zero-order chi connectivity index (χ0) is 49.2. The Kier molecular flexibility index (Phi) is 45.2. The molecule has 0 aromatic heterocycles. The van der Waals surface area contributed by atoms with Gasteiger partial charge in [-0.2, -0.15) is 0 Å². The van der Waals surface area contributed by atoms with E-state index < -0.39 is 43.4 Å². The van der Waals surface area contributed by atoms with Crippen molar-refractivity contribution in [2.75, 3.05) is 26.4 Å². The van der Waals surface area contributed by atoms with Crippen LogP contribution in [0.1, 0.15) is 194 Å². The third-order valence-corrected chi connectivity index (χ3v) is 11.7. The molecule has 0 aliphatic carbocycles. The number of rotatable bonds is 45. The molecule has 0 aromatic rings. The molecule has 0 bridgehead atoms. The van der Waals surface area contributed by atoms with E-state index in [2.05, 4.69) is 123 Å². The van der Waals surface area contributed by atoms with E-state index in [0.29, 0.717) is 13.0 Å². The number of unbranched alkanes of at least 4 members (excludes halogenated alkanes) is 16. The third-order valence-electron chi connectivity index (χ3n) is 11.7. The lowest BCUT2D eigenvalue weighted by atomic mass is 9.99. The summed E-state index contributed by atoms with van der Waals surface area (Å²) in [5.41, 5.74) is 0. The fraction of sp³-hybridized carbons (Fsp3) is 0.678. The van der Waals surface area contributed by atoms with Gasteiger partial charge in [-0.3, -0.25) is 4.79 Å². The highest BCUT2D eigenvalue weighted by atomic mass is 16.7. The van der Waals surface area contributed by atoms with E-state index in [0.717, 1.165) is 116 Å². The van der Waals surface area contributed by atoms with Crippen molar-refractivity contribution in [3.63, 3.8) is 0 Å². The predicted octanol–water partition coefficient (Wildman–Crippen LogP) is 13.7.